The number of hydrogen-bond donors (Lipinski definition) is 0. The molecule has 1 rings (SSSR count). The molecule has 0 radical (unpaired) electrons. The van der Waals surface area contributed by atoms with Crippen molar-refractivity contribution in [3.8, 4) is 5.75 Å². The summed E-state index contributed by atoms with van der Waals surface area (Å²) in [5, 5.41) is 3.59. The summed E-state index contributed by atoms with van der Waals surface area (Å²) in [5.74, 6) is 0.360. The first-order valence-electron chi connectivity index (χ1n) is 4.94. The molecule has 0 saturated carbocycles. The quantitative estimate of drug-likeness (QED) is 0.423. The fourth-order valence-corrected chi connectivity index (χ4v) is 1.79. The largest absolute Gasteiger partial charge is 0.482 e. The number of hydrogen-bond acceptors (Lipinski definition) is 3. The fraction of sp³-hybridized carbons (Fsp3) is 0.364. The minimum atomic E-state index is -2.59. The van der Waals surface area contributed by atoms with Crippen LogP contribution in [0.5, 0.6) is 5.75 Å². The van der Waals surface area contributed by atoms with Crippen LogP contribution in [-0.4, -0.2) is 29.6 Å². The lowest BCUT2D eigenvalue weighted by Gasteiger charge is -2.19. The summed E-state index contributed by atoms with van der Waals surface area (Å²) < 4.78 is 29.9. The third kappa shape index (κ3) is 4.89. The summed E-state index contributed by atoms with van der Waals surface area (Å²) >= 11 is 6.04. The topological polar surface area (TPSA) is 30.8 Å². The van der Waals surface area contributed by atoms with E-state index >= 15 is 0 Å². The molecule has 100 valence electrons. The van der Waals surface area contributed by atoms with Gasteiger partial charge in [0.1, 0.15) is 16.6 Å². The molecule has 0 saturated heterocycles. The van der Waals surface area contributed by atoms with Crippen LogP contribution in [0.2, 0.25) is 0 Å². The van der Waals surface area contributed by atoms with Crippen LogP contribution in [0.3, 0.4) is 0 Å². The van der Waals surface area contributed by atoms with Gasteiger partial charge in [0, 0.05) is 0 Å². The highest BCUT2D eigenvalue weighted by Crippen LogP contribution is 2.24. The van der Waals surface area contributed by atoms with E-state index in [2.05, 4.69) is 41.9 Å². The lowest BCUT2D eigenvalue weighted by atomic mass is 10.2. The second-order valence-corrected chi connectivity index (χ2v) is 6.44. The van der Waals surface area contributed by atoms with Gasteiger partial charge in [0.15, 0.2) is 6.10 Å². The maximum absolute atomic E-state index is 12.7. The molecule has 3 nitrogen and oxygen atoms in total. The van der Waals surface area contributed by atoms with Gasteiger partial charge in [0.25, 0.3) is 6.43 Å². The second-order valence-electron chi connectivity index (χ2n) is 3.24. The molecule has 18 heavy (non-hydrogen) atoms. The number of nitrogens with zero attached hydrogens (tertiary/aromatic N) is 1. The van der Waals surface area contributed by atoms with E-state index in [0.717, 1.165) is 5.56 Å². The van der Waals surface area contributed by atoms with Crippen molar-refractivity contribution in [1.82, 2.24) is 0 Å². The first-order valence-corrected chi connectivity index (χ1v) is 6.77. The predicted molar refractivity (Wildman–Crippen MR) is 73.1 cm³/mol. The summed E-state index contributed by atoms with van der Waals surface area (Å²) in [6.07, 6.45) is -2.35. The van der Waals surface area contributed by atoms with Crippen LogP contribution < -0.4 is 4.74 Å². The standard InChI is InChI=1S/C11H11Br2F2NO2/c1-17-16-6-7-2-4-8(5-3-7)18-9(10(12)13)11(14)15/h2-6,9-11H,1H3. The summed E-state index contributed by atoms with van der Waals surface area (Å²) in [5.41, 5.74) is 0.784. The van der Waals surface area contributed by atoms with E-state index in [1.54, 1.807) is 24.3 Å². The summed E-state index contributed by atoms with van der Waals surface area (Å²) in [6, 6.07) is 6.57. The van der Waals surface area contributed by atoms with Crippen molar-refractivity contribution in [2.24, 2.45) is 5.16 Å². The Morgan fingerprint density at radius 2 is 1.83 bits per heavy atom. The number of rotatable bonds is 6. The maximum Gasteiger partial charge on any atom is 0.276 e. The van der Waals surface area contributed by atoms with Crippen LogP contribution in [0.1, 0.15) is 5.56 Å². The molecule has 0 bridgehead atoms. The van der Waals surface area contributed by atoms with Gasteiger partial charge in [-0.15, -0.1) is 0 Å². The number of benzene rings is 1. The molecule has 0 heterocycles. The van der Waals surface area contributed by atoms with E-state index < -0.39 is 16.3 Å². The van der Waals surface area contributed by atoms with Gasteiger partial charge in [0.2, 0.25) is 0 Å². The lowest BCUT2D eigenvalue weighted by molar-refractivity contribution is 0.0227. The molecule has 1 atom stereocenters. The molecule has 1 aromatic carbocycles. The molecule has 1 unspecified atom stereocenters. The molecular weight excluding hydrogens is 376 g/mol. The van der Waals surface area contributed by atoms with Crippen LogP contribution in [0.4, 0.5) is 8.78 Å². The Bertz CT molecular complexity index is 377. The van der Waals surface area contributed by atoms with Crippen LogP contribution in [0, 0.1) is 0 Å². The third-order valence-electron chi connectivity index (χ3n) is 1.96. The van der Waals surface area contributed by atoms with Crippen LogP contribution in [-0.2, 0) is 4.84 Å². The highest BCUT2D eigenvalue weighted by molar-refractivity contribution is 9.24. The van der Waals surface area contributed by atoms with Gasteiger partial charge < -0.3 is 9.57 Å². The van der Waals surface area contributed by atoms with Crippen molar-refractivity contribution in [3.05, 3.63) is 29.8 Å². The SMILES string of the molecule is CON=Cc1ccc(OC(C(F)F)C(Br)Br)cc1. The molecule has 0 fully saturated rings. The predicted octanol–water partition coefficient (Wildman–Crippen LogP) is 3.80. The normalized spacial score (nSPS) is 13.3. The van der Waals surface area contributed by atoms with Gasteiger partial charge in [-0.25, -0.2) is 8.78 Å². The zero-order chi connectivity index (χ0) is 13.5. The van der Waals surface area contributed by atoms with Gasteiger partial charge in [-0.3, -0.25) is 0 Å². The molecule has 0 N–H and O–H groups in total. The molecule has 0 aliphatic carbocycles. The zero-order valence-corrected chi connectivity index (χ0v) is 12.6. The van der Waals surface area contributed by atoms with Gasteiger partial charge in [-0.05, 0) is 29.8 Å². The number of oxime groups is 1. The molecule has 1 aromatic rings. The molecule has 7 heteroatoms. The molecule has 0 aromatic heterocycles. The van der Waals surface area contributed by atoms with Crippen molar-refractivity contribution >= 4 is 38.1 Å². The molecule has 0 amide bonds. The van der Waals surface area contributed by atoms with Crippen LogP contribution in [0.15, 0.2) is 29.4 Å². The first-order chi connectivity index (χ1) is 8.54. The third-order valence-corrected chi connectivity index (χ3v) is 3.00. The van der Waals surface area contributed by atoms with E-state index in [9.17, 15) is 8.78 Å². The Hall–Kier alpha value is -0.690. The van der Waals surface area contributed by atoms with Crippen molar-refractivity contribution in [3.63, 3.8) is 0 Å². The Labute approximate surface area is 120 Å². The van der Waals surface area contributed by atoms with Crippen LogP contribution >= 0.6 is 31.9 Å². The van der Waals surface area contributed by atoms with Gasteiger partial charge in [0.05, 0.1) is 6.21 Å². The second kappa shape index (κ2) is 7.68. The average Bonchev–Trinajstić information content (AvgIpc) is 2.34. The molecule has 0 spiro atoms. The Balaban J connectivity index is 2.70. The number of ether oxygens (including phenoxy) is 1. The molecule has 0 aliphatic heterocycles. The first kappa shape index (κ1) is 15.4. The summed E-state index contributed by atoms with van der Waals surface area (Å²) in [4.78, 5) is 4.53. The van der Waals surface area contributed by atoms with Crippen molar-refractivity contribution in [2.45, 2.75) is 16.3 Å². The zero-order valence-electron chi connectivity index (χ0n) is 9.39. The van der Waals surface area contributed by atoms with E-state index in [1.807, 2.05) is 0 Å². The van der Waals surface area contributed by atoms with E-state index in [1.165, 1.54) is 13.3 Å². The van der Waals surface area contributed by atoms with E-state index in [0.29, 0.717) is 5.75 Å². The minimum Gasteiger partial charge on any atom is -0.482 e. The van der Waals surface area contributed by atoms with Crippen molar-refractivity contribution in [1.29, 1.82) is 0 Å². The lowest BCUT2D eigenvalue weighted by Crippen LogP contribution is -2.31. The van der Waals surface area contributed by atoms with E-state index in [4.69, 9.17) is 4.74 Å². The highest BCUT2D eigenvalue weighted by atomic mass is 79.9. The van der Waals surface area contributed by atoms with Crippen LogP contribution in [0.25, 0.3) is 0 Å². The number of halogens is 4. The Morgan fingerprint density at radius 3 is 2.28 bits per heavy atom. The van der Waals surface area contributed by atoms with E-state index in [-0.39, 0.29) is 0 Å². The maximum atomic E-state index is 12.7. The summed E-state index contributed by atoms with van der Waals surface area (Å²) in [7, 11) is 1.44. The Kier molecular flexibility index (Phi) is 6.56. The van der Waals surface area contributed by atoms with Gasteiger partial charge in [-0.1, -0.05) is 37.0 Å². The number of alkyl halides is 4. The van der Waals surface area contributed by atoms with Crippen molar-refractivity contribution < 1.29 is 18.4 Å². The molecule has 0 aliphatic rings. The average molecular weight is 387 g/mol. The van der Waals surface area contributed by atoms with Gasteiger partial charge in [-0.2, -0.15) is 0 Å². The smallest absolute Gasteiger partial charge is 0.276 e. The van der Waals surface area contributed by atoms with Crippen molar-refractivity contribution in [2.75, 3.05) is 7.11 Å². The monoisotopic (exact) mass is 385 g/mol. The highest BCUT2D eigenvalue weighted by Gasteiger charge is 2.28. The van der Waals surface area contributed by atoms with Gasteiger partial charge >= 0.3 is 0 Å². The minimum absolute atomic E-state index is 0.360. The molecular formula is C11H11Br2F2NO2. The summed E-state index contributed by atoms with van der Waals surface area (Å²) in [6.45, 7) is 0. The fourth-order valence-electron chi connectivity index (χ4n) is 1.12. The Morgan fingerprint density at radius 1 is 1.22 bits per heavy atom.